The first kappa shape index (κ1) is 19.3. The minimum Gasteiger partial charge on any atom is -0.375 e. The van der Waals surface area contributed by atoms with Crippen molar-refractivity contribution in [2.45, 2.75) is 77.4 Å². The number of hydrogen-bond donors (Lipinski definition) is 0. The minimum atomic E-state index is -0.194. The largest absolute Gasteiger partial charge is 0.375 e. The van der Waals surface area contributed by atoms with Gasteiger partial charge in [0, 0.05) is 13.0 Å². The first-order chi connectivity index (χ1) is 9.33. The van der Waals surface area contributed by atoms with Crippen molar-refractivity contribution in [3.05, 3.63) is 12.7 Å². The SMILES string of the molecule is C=CCCCC(C)(C)OCCC(C)(C)OCCCC=O. The molecule has 0 atom stereocenters. The van der Waals surface area contributed by atoms with Crippen LogP contribution in [0.15, 0.2) is 12.7 Å². The fourth-order valence-corrected chi connectivity index (χ4v) is 1.90. The normalized spacial score (nSPS) is 12.4. The summed E-state index contributed by atoms with van der Waals surface area (Å²) in [6, 6.07) is 0. The Morgan fingerprint density at radius 3 is 2.10 bits per heavy atom. The third-order valence-corrected chi connectivity index (χ3v) is 3.34. The standard InChI is InChI=1S/C17H32O3/c1-6-7-8-11-16(2,3)20-15-12-17(4,5)19-14-10-9-13-18/h6,13H,1,7-12,14-15H2,2-5H3. The molecule has 0 aromatic rings. The minimum absolute atomic E-state index is 0.0867. The maximum atomic E-state index is 10.2. The van der Waals surface area contributed by atoms with Gasteiger partial charge in [-0.1, -0.05) is 6.08 Å². The van der Waals surface area contributed by atoms with Gasteiger partial charge in [-0.2, -0.15) is 0 Å². The van der Waals surface area contributed by atoms with E-state index >= 15 is 0 Å². The summed E-state index contributed by atoms with van der Waals surface area (Å²) in [5, 5.41) is 0. The van der Waals surface area contributed by atoms with Gasteiger partial charge in [-0.25, -0.2) is 0 Å². The van der Waals surface area contributed by atoms with Gasteiger partial charge in [0.15, 0.2) is 0 Å². The van der Waals surface area contributed by atoms with Crippen molar-refractivity contribution in [2.75, 3.05) is 13.2 Å². The van der Waals surface area contributed by atoms with Gasteiger partial charge in [-0.15, -0.1) is 6.58 Å². The van der Waals surface area contributed by atoms with Gasteiger partial charge in [0.2, 0.25) is 0 Å². The van der Waals surface area contributed by atoms with Gasteiger partial charge in [-0.05, 0) is 59.8 Å². The smallest absolute Gasteiger partial charge is 0.120 e. The van der Waals surface area contributed by atoms with E-state index in [-0.39, 0.29) is 11.2 Å². The Bertz CT molecular complexity index is 269. The lowest BCUT2D eigenvalue weighted by atomic mass is 10.0. The number of aldehydes is 1. The number of hydrogen-bond acceptors (Lipinski definition) is 3. The fourth-order valence-electron chi connectivity index (χ4n) is 1.90. The highest BCUT2D eigenvalue weighted by Crippen LogP contribution is 2.21. The summed E-state index contributed by atoms with van der Waals surface area (Å²) in [5.74, 6) is 0. The van der Waals surface area contributed by atoms with Crippen LogP contribution in [0.3, 0.4) is 0 Å². The highest BCUT2D eigenvalue weighted by Gasteiger charge is 2.22. The first-order valence-electron chi connectivity index (χ1n) is 7.65. The van der Waals surface area contributed by atoms with Crippen LogP contribution in [0.1, 0.15) is 66.2 Å². The summed E-state index contributed by atoms with van der Waals surface area (Å²) in [4.78, 5) is 10.2. The topological polar surface area (TPSA) is 35.5 Å². The van der Waals surface area contributed by atoms with E-state index in [0.29, 0.717) is 19.6 Å². The summed E-state index contributed by atoms with van der Waals surface area (Å²) in [5.41, 5.74) is -0.281. The number of unbranched alkanes of at least 4 members (excludes halogenated alkanes) is 2. The zero-order chi connectivity index (χ0) is 15.5. The van der Waals surface area contributed by atoms with Crippen molar-refractivity contribution in [1.82, 2.24) is 0 Å². The van der Waals surface area contributed by atoms with Crippen molar-refractivity contribution in [1.29, 1.82) is 0 Å². The average molecular weight is 284 g/mol. The van der Waals surface area contributed by atoms with Crippen molar-refractivity contribution < 1.29 is 14.3 Å². The molecule has 0 spiro atoms. The van der Waals surface area contributed by atoms with E-state index < -0.39 is 0 Å². The molecule has 0 fully saturated rings. The lowest BCUT2D eigenvalue weighted by Crippen LogP contribution is -2.31. The summed E-state index contributed by atoms with van der Waals surface area (Å²) < 4.78 is 11.8. The highest BCUT2D eigenvalue weighted by molar-refractivity contribution is 5.48. The molecule has 3 nitrogen and oxygen atoms in total. The van der Waals surface area contributed by atoms with Gasteiger partial charge in [-0.3, -0.25) is 0 Å². The Hall–Kier alpha value is -0.670. The van der Waals surface area contributed by atoms with Crippen LogP contribution in [0, 0.1) is 0 Å². The van der Waals surface area contributed by atoms with Crippen LogP contribution < -0.4 is 0 Å². The quantitative estimate of drug-likeness (QED) is 0.287. The van der Waals surface area contributed by atoms with Gasteiger partial charge in [0.05, 0.1) is 17.8 Å². The lowest BCUT2D eigenvalue weighted by molar-refractivity contribution is -0.109. The van der Waals surface area contributed by atoms with Crippen molar-refractivity contribution in [3.63, 3.8) is 0 Å². The van der Waals surface area contributed by atoms with Crippen molar-refractivity contribution >= 4 is 6.29 Å². The van der Waals surface area contributed by atoms with Crippen LogP contribution in [0.5, 0.6) is 0 Å². The Morgan fingerprint density at radius 1 is 0.900 bits per heavy atom. The second kappa shape index (κ2) is 10.1. The third kappa shape index (κ3) is 11.2. The van der Waals surface area contributed by atoms with Crippen LogP contribution in [0.25, 0.3) is 0 Å². The molecule has 0 rings (SSSR count). The monoisotopic (exact) mass is 284 g/mol. The molecular weight excluding hydrogens is 252 g/mol. The Kier molecular flexibility index (Phi) is 9.78. The first-order valence-corrected chi connectivity index (χ1v) is 7.65. The van der Waals surface area contributed by atoms with Crippen molar-refractivity contribution in [3.8, 4) is 0 Å². The molecule has 0 unspecified atom stereocenters. The number of ether oxygens (including phenoxy) is 2. The van der Waals surface area contributed by atoms with E-state index in [4.69, 9.17) is 9.47 Å². The Morgan fingerprint density at radius 2 is 1.50 bits per heavy atom. The molecule has 0 heterocycles. The summed E-state index contributed by atoms with van der Waals surface area (Å²) in [6.45, 7) is 13.5. The number of allylic oxidation sites excluding steroid dienone is 1. The maximum Gasteiger partial charge on any atom is 0.120 e. The van der Waals surface area contributed by atoms with Gasteiger partial charge < -0.3 is 14.3 Å². The zero-order valence-electron chi connectivity index (χ0n) is 13.7. The number of carbonyl (C=O) groups is 1. The summed E-state index contributed by atoms with van der Waals surface area (Å²) >= 11 is 0. The van der Waals surface area contributed by atoms with E-state index in [1.807, 2.05) is 6.08 Å². The van der Waals surface area contributed by atoms with Gasteiger partial charge in [0.1, 0.15) is 6.29 Å². The molecule has 0 aromatic carbocycles. The van der Waals surface area contributed by atoms with Gasteiger partial charge in [0.25, 0.3) is 0 Å². The molecule has 0 aliphatic heterocycles. The number of carbonyl (C=O) groups excluding carboxylic acids is 1. The molecule has 118 valence electrons. The van der Waals surface area contributed by atoms with Crippen LogP contribution in [0.2, 0.25) is 0 Å². The zero-order valence-corrected chi connectivity index (χ0v) is 13.7. The molecular formula is C17H32O3. The summed E-state index contributed by atoms with van der Waals surface area (Å²) in [6.07, 6.45) is 8.31. The van der Waals surface area contributed by atoms with E-state index in [2.05, 4.69) is 34.3 Å². The van der Waals surface area contributed by atoms with Crippen LogP contribution in [0.4, 0.5) is 0 Å². The highest BCUT2D eigenvalue weighted by atomic mass is 16.5. The average Bonchev–Trinajstić information content (AvgIpc) is 2.34. The second-order valence-electron chi connectivity index (χ2n) is 6.46. The molecule has 0 aromatic heterocycles. The molecule has 0 N–H and O–H groups in total. The molecule has 0 saturated carbocycles. The van der Waals surface area contributed by atoms with E-state index in [9.17, 15) is 4.79 Å². The molecule has 0 radical (unpaired) electrons. The fraction of sp³-hybridized carbons (Fsp3) is 0.824. The summed E-state index contributed by atoms with van der Waals surface area (Å²) in [7, 11) is 0. The predicted molar refractivity (Wildman–Crippen MR) is 84.0 cm³/mol. The number of rotatable bonds is 13. The Labute approximate surface area is 124 Å². The van der Waals surface area contributed by atoms with E-state index in [1.54, 1.807) is 0 Å². The molecule has 0 saturated heterocycles. The van der Waals surface area contributed by atoms with Crippen molar-refractivity contribution in [2.24, 2.45) is 0 Å². The predicted octanol–water partition coefficient (Wildman–Crippen LogP) is 4.30. The van der Waals surface area contributed by atoms with Crippen LogP contribution >= 0.6 is 0 Å². The maximum absolute atomic E-state index is 10.2. The molecule has 0 bridgehead atoms. The van der Waals surface area contributed by atoms with Crippen LogP contribution in [-0.2, 0) is 14.3 Å². The second-order valence-corrected chi connectivity index (χ2v) is 6.46. The van der Waals surface area contributed by atoms with E-state index in [1.165, 1.54) is 0 Å². The lowest BCUT2D eigenvalue weighted by Gasteiger charge is -2.29. The molecule has 0 aliphatic rings. The van der Waals surface area contributed by atoms with Crippen LogP contribution in [-0.4, -0.2) is 30.7 Å². The molecule has 0 amide bonds. The Balaban J connectivity index is 3.83. The third-order valence-electron chi connectivity index (χ3n) is 3.34. The van der Waals surface area contributed by atoms with Gasteiger partial charge >= 0.3 is 0 Å². The molecule has 0 aliphatic carbocycles. The molecule has 3 heteroatoms. The van der Waals surface area contributed by atoms with E-state index in [0.717, 1.165) is 38.4 Å². The molecule has 20 heavy (non-hydrogen) atoms.